The molecule has 0 amide bonds. The number of aromatic nitrogens is 5. The predicted octanol–water partition coefficient (Wildman–Crippen LogP) is 3.22. The second-order valence-electron chi connectivity index (χ2n) is 6.72. The zero-order valence-corrected chi connectivity index (χ0v) is 17.0. The highest BCUT2D eigenvalue weighted by Gasteiger charge is 2.18. The molecule has 8 nitrogen and oxygen atoms in total. The Hall–Kier alpha value is -2.88. The minimum Gasteiger partial charge on any atom is -0.324 e. The highest BCUT2D eigenvalue weighted by molar-refractivity contribution is 7.90. The Morgan fingerprint density at radius 3 is 2.43 bits per heavy atom. The number of imidazole rings is 1. The molecule has 3 aromatic rings. The average Bonchev–Trinajstić information content (AvgIpc) is 2.97. The van der Waals surface area contributed by atoms with Crippen LogP contribution in [0.15, 0.2) is 29.4 Å². The molecule has 0 saturated carbocycles. The van der Waals surface area contributed by atoms with Crippen molar-refractivity contribution in [2.45, 2.75) is 38.6 Å². The lowest BCUT2D eigenvalue weighted by molar-refractivity contribution is 0.578. The number of halogens is 1. The van der Waals surface area contributed by atoms with E-state index in [0.29, 0.717) is 17.2 Å². The number of rotatable bonds is 5. The maximum Gasteiger partial charge on any atom is 0.229 e. The van der Waals surface area contributed by atoms with Gasteiger partial charge in [-0.2, -0.15) is 0 Å². The monoisotopic (exact) mass is 404 g/mol. The Morgan fingerprint density at radius 2 is 1.82 bits per heavy atom. The van der Waals surface area contributed by atoms with Crippen LogP contribution in [0.4, 0.5) is 16.2 Å². The van der Waals surface area contributed by atoms with Crippen molar-refractivity contribution in [1.82, 2.24) is 24.5 Å². The predicted molar refractivity (Wildman–Crippen MR) is 104 cm³/mol. The molecule has 10 heteroatoms. The van der Waals surface area contributed by atoms with Crippen molar-refractivity contribution in [3.8, 4) is 11.4 Å². The van der Waals surface area contributed by atoms with E-state index in [0.717, 1.165) is 18.3 Å². The summed E-state index contributed by atoms with van der Waals surface area (Å²) in [6, 6.07) is 3.05. The first-order valence-electron chi connectivity index (χ1n) is 8.59. The standard InChI is InChI=1S/C18H21FN6O2S/c1-10(2)25-12(4)20-9-14(25)17-13(19)8-21-18(24-17)23-16-7-6-15(11(3)22-16)28(5,26)27/h6-10H,1-5H3,(H,21,22,23,24). The van der Waals surface area contributed by atoms with E-state index >= 15 is 0 Å². The molecule has 0 atom stereocenters. The number of aryl methyl sites for hydroxylation is 2. The molecule has 0 aromatic carbocycles. The van der Waals surface area contributed by atoms with Gasteiger partial charge in [0.25, 0.3) is 0 Å². The summed E-state index contributed by atoms with van der Waals surface area (Å²) in [5, 5.41) is 2.89. The molecule has 0 aliphatic carbocycles. The van der Waals surface area contributed by atoms with Crippen LogP contribution in [-0.2, 0) is 9.84 Å². The van der Waals surface area contributed by atoms with E-state index in [4.69, 9.17) is 0 Å². The SMILES string of the molecule is Cc1nc(Nc2ncc(F)c(-c3cnc(C)n3C(C)C)n2)ccc1S(C)(=O)=O. The van der Waals surface area contributed by atoms with Gasteiger partial charge in [-0.05, 0) is 39.8 Å². The topological polar surface area (TPSA) is 103 Å². The van der Waals surface area contributed by atoms with Crippen LogP contribution in [0.25, 0.3) is 11.4 Å². The van der Waals surface area contributed by atoms with Gasteiger partial charge in [0.2, 0.25) is 5.95 Å². The van der Waals surface area contributed by atoms with Gasteiger partial charge in [-0.15, -0.1) is 0 Å². The number of sulfone groups is 1. The fourth-order valence-electron chi connectivity index (χ4n) is 3.01. The first-order chi connectivity index (χ1) is 13.1. The highest BCUT2D eigenvalue weighted by atomic mass is 32.2. The molecule has 0 saturated heterocycles. The van der Waals surface area contributed by atoms with E-state index < -0.39 is 15.7 Å². The van der Waals surface area contributed by atoms with Crippen molar-refractivity contribution in [2.75, 3.05) is 11.6 Å². The Morgan fingerprint density at radius 1 is 1.11 bits per heavy atom. The number of nitrogens with one attached hydrogen (secondary N) is 1. The number of hydrogen-bond donors (Lipinski definition) is 1. The summed E-state index contributed by atoms with van der Waals surface area (Å²) in [5.74, 6) is 0.690. The summed E-state index contributed by atoms with van der Waals surface area (Å²) in [5.41, 5.74) is 1.02. The molecular weight excluding hydrogens is 383 g/mol. The molecule has 0 spiro atoms. The van der Waals surface area contributed by atoms with Crippen LogP contribution in [0.3, 0.4) is 0 Å². The van der Waals surface area contributed by atoms with Crippen LogP contribution < -0.4 is 5.32 Å². The summed E-state index contributed by atoms with van der Waals surface area (Å²) < 4.78 is 39.7. The minimum atomic E-state index is -3.36. The molecule has 0 radical (unpaired) electrons. The zero-order valence-electron chi connectivity index (χ0n) is 16.2. The smallest absolute Gasteiger partial charge is 0.229 e. The quantitative estimate of drug-likeness (QED) is 0.696. The fraction of sp³-hybridized carbons (Fsp3) is 0.333. The van der Waals surface area contributed by atoms with Crippen molar-refractivity contribution in [3.05, 3.63) is 41.9 Å². The summed E-state index contributed by atoms with van der Waals surface area (Å²) >= 11 is 0. The molecular formula is C18H21FN6O2S. The maximum absolute atomic E-state index is 14.4. The first-order valence-corrected chi connectivity index (χ1v) is 10.5. The van der Waals surface area contributed by atoms with Gasteiger partial charge in [0.05, 0.1) is 28.7 Å². The molecule has 28 heavy (non-hydrogen) atoms. The molecule has 0 fully saturated rings. The second kappa shape index (κ2) is 7.27. The minimum absolute atomic E-state index is 0.0797. The van der Waals surface area contributed by atoms with E-state index in [1.807, 2.05) is 25.3 Å². The molecule has 0 aliphatic heterocycles. The normalized spacial score (nSPS) is 11.8. The number of nitrogens with zero attached hydrogens (tertiary/aromatic N) is 5. The molecule has 1 N–H and O–H groups in total. The van der Waals surface area contributed by atoms with Crippen molar-refractivity contribution >= 4 is 21.6 Å². The molecule has 3 aromatic heterocycles. The second-order valence-corrected chi connectivity index (χ2v) is 8.71. The van der Waals surface area contributed by atoms with Crippen molar-refractivity contribution in [1.29, 1.82) is 0 Å². The largest absolute Gasteiger partial charge is 0.324 e. The van der Waals surface area contributed by atoms with Gasteiger partial charge >= 0.3 is 0 Å². The number of hydrogen-bond acceptors (Lipinski definition) is 7. The van der Waals surface area contributed by atoms with Crippen molar-refractivity contribution in [2.24, 2.45) is 0 Å². The van der Waals surface area contributed by atoms with Gasteiger partial charge in [-0.25, -0.2) is 32.7 Å². The zero-order chi connectivity index (χ0) is 20.6. The van der Waals surface area contributed by atoms with Crippen LogP contribution in [0.5, 0.6) is 0 Å². The van der Waals surface area contributed by atoms with Gasteiger partial charge in [-0.3, -0.25) is 0 Å². The highest BCUT2D eigenvalue weighted by Crippen LogP contribution is 2.26. The summed E-state index contributed by atoms with van der Waals surface area (Å²) in [6.07, 6.45) is 3.78. The molecule has 0 bridgehead atoms. The van der Waals surface area contributed by atoms with Crippen LogP contribution in [0, 0.1) is 19.7 Å². The van der Waals surface area contributed by atoms with E-state index in [9.17, 15) is 12.8 Å². The third kappa shape index (κ3) is 3.86. The summed E-state index contributed by atoms with van der Waals surface area (Å²) in [6.45, 7) is 7.40. The molecule has 3 rings (SSSR count). The summed E-state index contributed by atoms with van der Waals surface area (Å²) in [4.78, 5) is 16.9. The van der Waals surface area contributed by atoms with Crippen LogP contribution in [0.2, 0.25) is 0 Å². The third-order valence-corrected chi connectivity index (χ3v) is 5.39. The fourth-order valence-corrected chi connectivity index (χ4v) is 3.91. The molecule has 0 unspecified atom stereocenters. The van der Waals surface area contributed by atoms with E-state index in [1.54, 1.807) is 13.1 Å². The van der Waals surface area contributed by atoms with Crippen LogP contribution in [-0.4, -0.2) is 39.2 Å². The average molecular weight is 404 g/mol. The Labute approximate surface area is 162 Å². The molecule has 3 heterocycles. The van der Waals surface area contributed by atoms with E-state index in [-0.39, 0.29) is 22.6 Å². The Bertz CT molecular complexity index is 1140. The van der Waals surface area contributed by atoms with E-state index in [1.165, 1.54) is 12.1 Å². The van der Waals surface area contributed by atoms with Gasteiger partial charge in [-0.1, -0.05) is 0 Å². The van der Waals surface area contributed by atoms with Gasteiger partial charge in [0.1, 0.15) is 17.3 Å². The van der Waals surface area contributed by atoms with Gasteiger partial charge in [0, 0.05) is 12.3 Å². The molecule has 0 aliphatic rings. The lowest BCUT2D eigenvalue weighted by atomic mass is 10.2. The van der Waals surface area contributed by atoms with Crippen molar-refractivity contribution < 1.29 is 12.8 Å². The van der Waals surface area contributed by atoms with Crippen molar-refractivity contribution in [3.63, 3.8) is 0 Å². The molecule has 148 valence electrons. The lowest BCUT2D eigenvalue weighted by Crippen LogP contribution is -2.09. The van der Waals surface area contributed by atoms with Crippen LogP contribution >= 0.6 is 0 Å². The van der Waals surface area contributed by atoms with Gasteiger partial charge < -0.3 is 9.88 Å². The lowest BCUT2D eigenvalue weighted by Gasteiger charge is -2.14. The van der Waals surface area contributed by atoms with E-state index in [2.05, 4.69) is 25.3 Å². The third-order valence-electron chi connectivity index (χ3n) is 4.16. The Kier molecular flexibility index (Phi) is 5.16. The number of pyridine rings is 1. The summed E-state index contributed by atoms with van der Waals surface area (Å²) in [7, 11) is -3.36. The maximum atomic E-state index is 14.4. The number of anilines is 2. The Balaban J connectivity index is 1.98. The van der Waals surface area contributed by atoms with Gasteiger partial charge in [0.15, 0.2) is 15.7 Å². The first kappa shape index (κ1) is 19.9. The van der Waals surface area contributed by atoms with Crippen LogP contribution in [0.1, 0.15) is 31.4 Å².